The summed E-state index contributed by atoms with van der Waals surface area (Å²) < 4.78 is 5.17. The van der Waals surface area contributed by atoms with Gasteiger partial charge in [0.25, 0.3) is 5.91 Å². The molecule has 3 rings (SSSR count). The van der Waals surface area contributed by atoms with Crippen LogP contribution in [0.25, 0.3) is 0 Å². The van der Waals surface area contributed by atoms with E-state index >= 15 is 0 Å². The highest BCUT2D eigenvalue weighted by atomic mass is 16.5. The number of aryl methyl sites for hydroxylation is 1. The fourth-order valence-electron chi connectivity index (χ4n) is 2.71. The third kappa shape index (κ3) is 3.11. The van der Waals surface area contributed by atoms with Crippen molar-refractivity contribution in [2.24, 2.45) is 11.0 Å². The summed E-state index contributed by atoms with van der Waals surface area (Å²) in [7, 11) is 1.64. The first kappa shape index (κ1) is 15.3. The lowest BCUT2D eigenvalue weighted by Crippen LogP contribution is -2.28. The molecule has 0 saturated carbocycles. The van der Waals surface area contributed by atoms with Crippen LogP contribution >= 0.6 is 0 Å². The van der Waals surface area contributed by atoms with Gasteiger partial charge in [-0.25, -0.2) is 5.01 Å². The molecule has 118 valence electrons. The fraction of sp³-hybridized carbons (Fsp3) is 0.263. The first-order valence-electron chi connectivity index (χ1n) is 7.67. The molecule has 0 radical (unpaired) electrons. The van der Waals surface area contributed by atoms with E-state index in [-0.39, 0.29) is 11.8 Å². The number of hydrazone groups is 1. The van der Waals surface area contributed by atoms with E-state index in [1.54, 1.807) is 7.11 Å². The van der Waals surface area contributed by atoms with Crippen molar-refractivity contribution in [2.45, 2.75) is 20.3 Å². The minimum Gasteiger partial charge on any atom is -0.497 e. The van der Waals surface area contributed by atoms with Crippen LogP contribution in [0.15, 0.2) is 53.6 Å². The number of hydrogen-bond donors (Lipinski definition) is 0. The molecule has 0 aromatic heterocycles. The standard InChI is InChI=1S/C19H20N2O2/c1-13-4-8-16(9-5-13)21-19(22)18(14(2)20-21)12-15-6-10-17(23-3)11-7-15/h4-11,18H,12H2,1-3H3/t18-/m1/s1. The normalized spacial score (nSPS) is 17.3. The van der Waals surface area contributed by atoms with Crippen molar-refractivity contribution >= 4 is 17.3 Å². The Bertz CT molecular complexity index is 733. The van der Waals surface area contributed by atoms with Crippen LogP contribution < -0.4 is 9.75 Å². The number of carbonyl (C=O) groups is 1. The van der Waals surface area contributed by atoms with Crippen LogP contribution in [0.1, 0.15) is 18.1 Å². The van der Waals surface area contributed by atoms with Crippen molar-refractivity contribution in [1.82, 2.24) is 0 Å². The Hall–Kier alpha value is -2.62. The van der Waals surface area contributed by atoms with E-state index in [0.717, 1.165) is 28.3 Å². The molecule has 1 aliphatic heterocycles. The fourth-order valence-corrected chi connectivity index (χ4v) is 2.71. The smallest absolute Gasteiger partial charge is 0.256 e. The van der Waals surface area contributed by atoms with Crippen molar-refractivity contribution in [2.75, 3.05) is 12.1 Å². The van der Waals surface area contributed by atoms with Crippen molar-refractivity contribution in [3.05, 3.63) is 59.7 Å². The Morgan fingerprint density at radius 2 is 1.70 bits per heavy atom. The van der Waals surface area contributed by atoms with Gasteiger partial charge in [-0.3, -0.25) is 4.79 Å². The van der Waals surface area contributed by atoms with Crippen molar-refractivity contribution < 1.29 is 9.53 Å². The molecular formula is C19H20N2O2. The SMILES string of the molecule is COc1ccc(C[C@H]2C(=O)N(c3ccc(C)cc3)N=C2C)cc1. The zero-order chi connectivity index (χ0) is 16.4. The minimum atomic E-state index is -0.204. The average molecular weight is 308 g/mol. The molecule has 4 nitrogen and oxygen atoms in total. The van der Waals surface area contributed by atoms with Crippen LogP contribution in [0.4, 0.5) is 5.69 Å². The second-order valence-electron chi connectivity index (χ2n) is 5.83. The predicted octanol–water partition coefficient (Wildman–Crippen LogP) is 3.59. The van der Waals surface area contributed by atoms with Gasteiger partial charge in [-0.2, -0.15) is 5.10 Å². The molecule has 0 N–H and O–H groups in total. The first-order chi connectivity index (χ1) is 11.1. The Morgan fingerprint density at radius 1 is 1.04 bits per heavy atom. The molecule has 1 atom stereocenters. The lowest BCUT2D eigenvalue weighted by atomic mass is 9.95. The second kappa shape index (κ2) is 6.24. The number of methoxy groups -OCH3 is 1. The number of anilines is 1. The number of benzene rings is 2. The van der Waals surface area contributed by atoms with Crippen LogP contribution in [0.5, 0.6) is 5.75 Å². The molecule has 2 aromatic carbocycles. The van der Waals surface area contributed by atoms with Gasteiger partial charge in [0.1, 0.15) is 5.75 Å². The summed E-state index contributed by atoms with van der Waals surface area (Å²) in [6.07, 6.45) is 0.653. The molecule has 0 unspecified atom stereocenters. The molecule has 2 aromatic rings. The van der Waals surface area contributed by atoms with E-state index in [2.05, 4.69) is 5.10 Å². The van der Waals surface area contributed by atoms with Gasteiger partial charge >= 0.3 is 0 Å². The Balaban J connectivity index is 1.78. The van der Waals surface area contributed by atoms with Gasteiger partial charge in [0.15, 0.2) is 0 Å². The molecular weight excluding hydrogens is 288 g/mol. The maximum atomic E-state index is 12.7. The maximum Gasteiger partial charge on any atom is 0.256 e. The molecule has 23 heavy (non-hydrogen) atoms. The first-order valence-corrected chi connectivity index (χ1v) is 7.67. The van der Waals surface area contributed by atoms with Gasteiger partial charge in [0.05, 0.1) is 18.7 Å². The van der Waals surface area contributed by atoms with Gasteiger partial charge in [-0.1, -0.05) is 29.8 Å². The van der Waals surface area contributed by atoms with E-state index in [0.29, 0.717) is 6.42 Å². The number of hydrogen-bond acceptors (Lipinski definition) is 3. The summed E-state index contributed by atoms with van der Waals surface area (Å²) in [6.45, 7) is 3.94. The monoisotopic (exact) mass is 308 g/mol. The van der Waals surface area contributed by atoms with Crippen molar-refractivity contribution in [1.29, 1.82) is 0 Å². The number of nitrogens with zero attached hydrogens (tertiary/aromatic N) is 2. The largest absolute Gasteiger partial charge is 0.497 e. The van der Waals surface area contributed by atoms with Crippen LogP contribution in [0, 0.1) is 12.8 Å². The Kier molecular flexibility index (Phi) is 4.15. The summed E-state index contributed by atoms with van der Waals surface area (Å²) >= 11 is 0. The molecule has 0 aliphatic carbocycles. The van der Waals surface area contributed by atoms with Crippen molar-refractivity contribution in [3.63, 3.8) is 0 Å². The van der Waals surface area contributed by atoms with Crippen molar-refractivity contribution in [3.8, 4) is 5.75 Å². The van der Waals surface area contributed by atoms with Gasteiger partial charge in [-0.15, -0.1) is 0 Å². The third-order valence-corrected chi connectivity index (χ3v) is 4.15. The molecule has 0 fully saturated rings. The van der Waals surface area contributed by atoms with Crippen LogP contribution in [0.2, 0.25) is 0 Å². The summed E-state index contributed by atoms with van der Waals surface area (Å²) in [5, 5.41) is 5.97. The summed E-state index contributed by atoms with van der Waals surface area (Å²) in [5.41, 5.74) is 3.93. The molecule has 0 spiro atoms. The summed E-state index contributed by atoms with van der Waals surface area (Å²) in [6, 6.07) is 15.7. The number of carbonyl (C=O) groups excluding carboxylic acids is 1. The van der Waals surface area contributed by atoms with Gasteiger partial charge < -0.3 is 4.74 Å². The molecule has 1 aliphatic rings. The molecule has 0 bridgehead atoms. The highest BCUT2D eigenvalue weighted by Gasteiger charge is 2.34. The van der Waals surface area contributed by atoms with Crippen LogP contribution in [-0.4, -0.2) is 18.7 Å². The minimum absolute atomic E-state index is 0.0298. The summed E-state index contributed by atoms with van der Waals surface area (Å²) in [4.78, 5) is 12.7. The lowest BCUT2D eigenvalue weighted by Gasteiger charge is -2.14. The van der Waals surface area contributed by atoms with E-state index in [1.807, 2.05) is 62.4 Å². The Labute approximate surface area is 136 Å². The second-order valence-corrected chi connectivity index (χ2v) is 5.83. The van der Waals surface area contributed by atoms with E-state index in [1.165, 1.54) is 5.01 Å². The van der Waals surface area contributed by atoms with Crippen LogP contribution in [-0.2, 0) is 11.2 Å². The lowest BCUT2D eigenvalue weighted by molar-refractivity contribution is -0.119. The van der Waals surface area contributed by atoms with Gasteiger partial charge in [0, 0.05) is 5.71 Å². The van der Waals surface area contributed by atoms with Gasteiger partial charge in [-0.05, 0) is 50.1 Å². The molecule has 1 amide bonds. The highest BCUT2D eigenvalue weighted by Crippen LogP contribution is 2.26. The number of amides is 1. The zero-order valence-electron chi connectivity index (χ0n) is 13.6. The number of ether oxygens (including phenoxy) is 1. The topological polar surface area (TPSA) is 41.9 Å². The molecule has 0 saturated heterocycles. The molecule has 1 heterocycles. The van der Waals surface area contributed by atoms with Crippen LogP contribution in [0.3, 0.4) is 0 Å². The summed E-state index contributed by atoms with van der Waals surface area (Å²) in [5.74, 6) is 0.644. The maximum absolute atomic E-state index is 12.7. The molecule has 4 heteroatoms. The quantitative estimate of drug-likeness (QED) is 0.866. The van der Waals surface area contributed by atoms with Gasteiger partial charge in [0.2, 0.25) is 0 Å². The average Bonchev–Trinajstić information content (AvgIpc) is 2.84. The van der Waals surface area contributed by atoms with E-state index in [4.69, 9.17) is 4.74 Å². The third-order valence-electron chi connectivity index (χ3n) is 4.15. The zero-order valence-corrected chi connectivity index (χ0v) is 13.6. The predicted molar refractivity (Wildman–Crippen MR) is 92.0 cm³/mol. The van der Waals surface area contributed by atoms with E-state index in [9.17, 15) is 4.79 Å². The Morgan fingerprint density at radius 3 is 2.30 bits per heavy atom. The van der Waals surface area contributed by atoms with E-state index < -0.39 is 0 Å². The number of rotatable bonds is 4. The highest BCUT2D eigenvalue weighted by molar-refractivity contribution is 6.14.